The molecule has 4 rings (SSSR count). The summed E-state index contributed by atoms with van der Waals surface area (Å²) in [6.07, 6.45) is 1.71. The number of aromatic nitrogens is 1. The minimum atomic E-state index is -0.192. The quantitative estimate of drug-likeness (QED) is 0.487. The SMILES string of the molecule is CN1Cc2c(F)ccc(-c3[nH]c(N)c(/C=C(\N)c4ccccc4O)c3Br)c2C1. The Morgan fingerprint density at radius 1 is 1.21 bits per heavy atom. The van der Waals surface area contributed by atoms with Crippen LogP contribution in [-0.4, -0.2) is 22.0 Å². The zero-order chi connectivity index (χ0) is 20.0. The second kappa shape index (κ2) is 7.00. The van der Waals surface area contributed by atoms with E-state index in [1.165, 1.54) is 6.07 Å². The van der Waals surface area contributed by atoms with Crippen molar-refractivity contribution in [2.45, 2.75) is 13.1 Å². The number of phenolic OH excluding ortho intramolecular Hbond substituents is 1. The molecule has 0 bridgehead atoms. The van der Waals surface area contributed by atoms with Gasteiger partial charge in [0, 0.05) is 41.0 Å². The van der Waals surface area contributed by atoms with Gasteiger partial charge >= 0.3 is 0 Å². The first kappa shape index (κ1) is 18.6. The maximum atomic E-state index is 14.2. The molecule has 5 nitrogen and oxygen atoms in total. The Morgan fingerprint density at radius 2 is 1.93 bits per heavy atom. The first-order chi connectivity index (χ1) is 13.4. The molecule has 0 unspecified atom stereocenters. The smallest absolute Gasteiger partial charge is 0.128 e. The van der Waals surface area contributed by atoms with Gasteiger partial charge in [0.2, 0.25) is 0 Å². The highest BCUT2D eigenvalue weighted by atomic mass is 79.9. The molecule has 1 aliphatic rings. The Kier molecular flexibility index (Phi) is 4.64. The largest absolute Gasteiger partial charge is 0.507 e. The number of hydrogen-bond acceptors (Lipinski definition) is 4. The maximum Gasteiger partial charge on any atom is 0.128 e. The second-order valence-electron chi connectivity index (χ2n) is 6.98. The van der Waals surface area contributed by atoms with Crippen molar-refractivity contribution in [3.05, 3.63) is 68.9 Å². The molecule has 0 radical (unpaired) electrons. The molecule has 0 atom stereocenters. The van der Waals surface area contributed by atoms with E-state index in [2.05, 4.69) is 25.8 Å². The molecule has 1 aliphatic heterocycles. The van der Waals surface area contributed by atoms with Gasteiger partial charge in [-0.15, -0.1) is 0 Å². The average molecular weight is 443 g/mol. The van der Waals surface area contributed by atoms with E-state index in [1.807, 2.05) is 7.05 Å². The monoisotopic (exact) mass is 442 g/mol. The number of phenols is 1. The second-order valence-corrected chi connectivity index (χ2v) is 7.78. The highest BCUT2D eigenvalue weighted by Crippen LogP contribution is 2.41. The summed E-state index contributed by atoms with van der Waals surface area (Å²) in [5.41, 5.74) is 17.4. The molecule has 0 fully saturated rings. The summed E-state index contributed by atoms with van der Waals surface area (Å²) in [5, 5.41) is 10.0. The van der Waals surface area contributed by atoms with Gasteiger partial charge in [0.05, 0.1) is 10.2 Å². The standard InChI is InChI=1S/C21H20BrFN4O/c1-27-9-14-11(6-7-16(23)15(14)10-27)20-19(22)13(21(25)26-20)8-17(24)12-4-2-3-5-18(12)28/h2-8,26,28H,9-10,24-25H2,1H3/b17-8-. The minimum absolute atomic E-state index is 0.0982. The van der Waals surface area contributed by atoms with Crippen molar-refractivity contribution in [1.29, 1.82) is 0 Å². The number of nitrogens with zero attached hydrogens (tertiary/aromatic N) is 1. The van der Waals surface area contributed by atoms with E-state index in [4.69, 9.17) is 11.5 Å². The van der Waals surface area contributed by atoms with Gasteiger partial charge in [0.1, 0.15) is 17.4 Å². The van der Waals surface area contributed by atoms with Crippen molar-refractivity contribution in [2.24, 2.45) is 5.73 Å². The van der Waals surface area contributed by atoms with Crippen LogP contribution in [0, 0.1) is 5.82 Å². The molecule has 0 spiro atoms. The van der Waals surface area contributed by atoms with Crippen molar-refractivity contribution < 1.29 is 9.50 Å². The number of nitrogen functional groups attached to an aromatic ring is 1. The number of benzene rings is 2. The fraction of sp³-hybridized carbons (Fsp3) is 0.143. The van der Waals surface area contributed by atoms with Crippen LogP contribution in [0.4, 0.5) is 10.2 Å². The lowest BCUT2D eigenvalue weighted by Crippen LogP contribution is -2.07. The summed E-state index contributed by atoms with van der Waals surface area (Å²) >= 11 is 3.62. The highest BCUT2D eigenvalue weighted by Gasteiger charge is 2.25. The lowest BCUT2D eigenvalue weighted by atomic mass is 10.00. The van der Waals surface area contributed by atoms with Gasteiger partial charge in [0.15, 0.2) is 0 Å². The third-order valence-electron chi connectivity index (χ3n) is 5.02. The van der Waals surface area contributed by atoms with Crippen molar-refractivity contribution in [3.8, 4) is 17.0 Å². The lowest BCUT2D eigenvalue weighted by Gasteiger charge is -2.08. The highest BCUT2D eigenvalue weighted by molar-refractivity contribution is 9.10. The van der Waals surface area contributed by atoms with Crippen LogP contribution < -0.4 is 11.5 Å². The third kappa shape index (κ3) is 3.06. The minimum Gasteiger partial charge on any atom is -0.507 e. The lowest BCUT2D eigenvalue weighted by molar-refractivity contribution is 0.350. The molecule has 144 valence electrons. The molecule has 6 N–H and O–H groups in total. The van der Waals surface area contributed by atoms with Crippen molar-refractivity contribution in [1.82, 2.24) is 9.88 Å². The van der Waals surface area contributed by atoms with E-state index in [1.54, 1.807) is 36.4 Å². The van der Waals surface area contributed by atoms with Crippen molar-refractivity contribution in [2.75, 3.05) is 12.8 Å². The van der Waals surface area contributed by atoms with E-state index in [-0.39, 0.29) is 11.6 Å². The van der Waals surface area contributed by atoms with Gasteiger partial charge in [-0.3, -0.25) is 4.90 Å². The van der Waals surface area contributed by atoms with Crippen molar-refractivity contribution in [3.63, 3.8) is 0 Å². The van der Waals surface area contributed by atoms with Crippen LogP contribution >= 0.6 is 15.9 Å². The number of rotatable bonds is 3. The van der Waals surface area contributed by atoms with Crippen LogP contribution in [0.1, 0.15) is 22.3 Å². The molecule has 1 aromatic heterocycles. The van der Waals surface area contributed by atoms with Crippen LogP contribution in [0.15, 0.2) is 40.9 Å². The Balaban J connectivity index is 1.81. The number of hydrogen-bond donors (Lipinski definition) is 4. The van der Waals surface area contributed by atoms with Crippen LogP contribution in [0.5, 0.6) is 5.75 Å². The predicted octanol–water partition coefficient (Wildman–Crippen LogP) is 4.27. The molecule has 7 heteroatoms. The molecule has 0 aliphatic carbocycles. The van der Waals surface area contributed by atoms with Gasteiger partial charge < -0.3 is 21.6 Å². The fourth-order valence-corrected chi connectivity index (χ4v) is 4.27. The molecule has 2 aromatic carbocycles. The molecule has 0 amide bonds. The Labute approximate surface area is 170 Å². The van der Waals surface area contributed by atoms with Crippen LogP contribution in [0.25, 0.3) is 23.0 Å². The molecular formula is C21H20BrFN4O. The van der Waals surface area contributed by atoms with Gasteiger partial charge in [-0.05, 0) is 58.9 Å². The van der Waals surface area contributed by atoms with E-state index in [0.717, 1.165) is 21.3 Å². The van der Waals surface area contributed by atoms with Gasteiger partial charge in [-0.25, -0.2) is 4.39 Å². The number of nitrogens with one attached hydrogen (secondary N) is 1. The van der Waals surface area contributed by atoms with Gasteiger partial charge in [-0.1, -0.05) is 12.1 Å². The number of anilines is 1. The fourth-order valence-electron chi connectivity index (χ4n) is 3.63. The first-order valence-electron chi connectivity index (χ1n) is 8.78. The predicted molar refractivity (Wildman–Crippen MR) is 114 cm³/mol. The van der Waals surface area contributed by atoms with Crippen LogP contribution in [-0.2, 0) is 13.1 Å². The summed E-state index contributed by atoms with van der Waals surface area (Å²) in [7, 11) is 1.96. The van der Waals surface area contributed by atoms with Crippen LogP contribution in [0.3, 0.4) is 0 Å². The Morgan fingerprint density at radius 3 is 2.68 bits per heavy atom. The van der Waals surface area contributed by atoms with E-state index in [9.17, 15) is 9.50 Å². The van der Waals surface area contributed by atoms with Crippen molar-refractivity contribution >= 4 is 33.5 Å². The summed E-state index contributed by atoms with van der Waals surface area (Å²) in [5.74, 6) is 0.341. The zero-order valence-corrected chi connectivity index (χ0v) is 16.8. The topological polar surface area (TPSA) is 91.3 Å². The average Bonchev–Trinajstić information content (AvgIpc) is 3.18. The molecule has 3 aromatic rings. The first-order valence-corrected chi connectivity index (χ1v) is 9.57. The molecule has 0 saturated heterocycles. The number of H-pyrrole nitrogens is 1. The normalized spacial score (nSPS) is 14.5. The van der Waals surface area contributed by atoms with Crippen LogP contribution in [0.2, 0.25) is 0 Å². The number of halogens is 2. The molecule has 2 heterocycles. The molecule has 28 heavy (non-hydrogen) atoms. The van der Waals surface area contributed by atoms with Gasteiger partial charge in [0.25, 0.3) is 0 Å². The number of aromatic amines is 1. The summed E-state index contributed by atoms with van der Waals surface area (Å²) in [4.78, 5) is 5.26. The Hall–Kier alpha value is -2.77. The zero-order valence-electron chi connectivity index (χ0n) is 15.3. The maximum absolute atomic E-state index is 14.2. The summed E-state index contributed by atoms with van der Waals surface area (Å²) in [6.45, 7) is 1.24. The summed E-state index contributed by atoms with van der Waals surface area (Å²) in [6, 6.07) is 10.1. The summed E-state index contributed by atoms with van der Waals surface area (Å²) < 4.78 is 15.0. The third-order valence-corrected chi connectivity index (χ3v) is 5.84. The van der Waals surface area contributed by atoms with E-state index in [0.29, 0.717) is 41.3 Å². The Bertz CT molecular complexity index is 1110. The van der Waals surface area contributed by atoms with E-state index >= 15 is 0 Å². The van der Waals surface area contributed by atoms with Gasteiger partial charge in [-0.2, -0.15) is 0 Å². The number of nitrogens with two attached hydrogens (primary N) is 2. The molecule has 0 saturated carbocycles. The molecular weight excluding hydrogens is 423 g/mol. The number of aromatic hydroxyl groups is 1. The number of para-hydroxylation sites is 1. The van der Waals surface area contributed by atoms with E-state index < -0.39 is 0 Å². The number of fused-ring (bicyclic) bond motifs is 1.